The maximum Gasteiger partial charge on any atom is 2.00 e. The summed E-state index contributed by atoms with van der Waals surface area (Å²) in [7, 11) is 0. The number of hydrogen-bond acceptors (Lipinski definition) is 10. The quantitative estimate of drug-likeness (QED) is 0.106. The molecule has 0 atom stereocenters. The first kappa shape index (κ1) is 86.8. The Morgan fingerprint density at radius 2 is 0.425 bits per heavy atom. The molecule has 0 radical (unpaired) electrons. The zero-order chi connectivity index (χ0) is 82.4. The van der Waals surface area contributed by atoms with Gasteiger partial charge >= 0.3 is 19.5 Å². The fraction of sp³-hybridized carbons (Fsp3) is 0.364. The number of halogens is 12. The molecule has 11 aromatic rings. The van der Waals surface area contributed by atoms with E-state index >= 15 is 0 Å². The van der Waals surface area contributed by atoms with Crippen molar-refractivity contribution in [2.45, 2.75) is 209 Å². The van der Waals surface area contributed by atoms with Crippen molar-refractivity contribution >= 4 is 183 Å². The average Bonchev–Trinajstić information content (AvgIpc) is 1.57. The van der Waals surface area contributed by atoms with Crippen LogP contribution in [0, 0.1) is 0 Å². The van der Waals surface area contributed by atoms with Crippen molar-refractivity contribution < 1.29 is 38.4 Å². The number of ether oxygens (including phenoxy) is 4. The van der Waals surface area contributed by atoms with Gasteiger partial charge in [0.1, 0.15) is 43.1 Å². The van der Waals surface area contributed by atoms with Gasteiger partial charge in [0.15, 0.2) is 23.0 Å². The van der Waals surface area contributed by atoms with Crippen molar-refractivity contribution in [3.8, 4) is 91.5 Å². The summed E-state index contributed by atoms with van der Waals surface area (Å²) in [6.07, 6.45) is 0. The molecule has 5 heterocycles. The van der Waals surface area contributed by atoms with Crippen LogP contribution >= 0.6 is 139 Å². The van der Waals surface area contributed by atoms with Crippen LogP contribution < -0.4 is 28.9 Å². The van der Waals surface area contributed by atoms with Gasteiger partial charge in [-0.05, 0) is 89.8 Å². The summed E-state index contributed by atoms with van der Waals surface area (Å²) in [5.41, 5.74) is 4.85. The summed E-state index contributed by atoms with van der Waals surface area (Å²) in [6, 6.07) is 24.0. The standard InChI is InChI=1S/C88H84Cl12N8O4.Zn/c1-81(2,3)37-25-29-45(41(33-37)85(13,14)15)109-69-61(93)53-49(57(89)65(69)97)73-101-74-50-55(63(95)71(66(98)58(50)90)111-47-31-27-39(83(7,8)9)35-43(47)87(19,20)21)79(103-74)108-80-56-52(60(92)68(100)72(64(56)96)112-48-32-28-40(84(10,11)12)36-44(48)88(22,23)24)76(107-80)106-78-54-51(75(105-78)104-77(53)102-73)59(91)67(99)70(62(54)94)110-46-30-26-38(82(4,5)6)34-42(46)86(16,17)18;/h25-36H,1-24H3;/q-2;+2. The molecule has 113 heavy (non-hydrogen) atoms. The molecule has 25 heteroatoms. The van der Waals surface area contributed by atoms with Crippen LogP contribution in [-0.4, -0.2) is 29.9 Å². The maximum atomic E-state index is 7.90. The maximum absolute atomic E-state index is 7.90. The van der Waals surface area contributed by atoms with Crippen LogP contribution in [-0.2, 0) is 62.8 Å². The molecule has 13 rings (SSSR count). The Balaban J connectivity index is 0.0000118. The summed E-state index contributed by atoms with van der Waals surface area (Å²) in [4.78, 5) is 42.0. The fourth-order valence-corrected chi connectivity index (χ4v) is 17.0. The summed E-state index contributed by atoms with van der Waals surface area (Å²) in [5, 5.41) is -0.665. The largest absolute Gasteiger partial charge is 2.00 e. The normalized spacial score (nSPS) is 13.1. The van der Waals surface area contributed by atoms with Crippen LogP contribution in [0.4, 0.5) is 0 Å². The van der Waals surface area contributed by atoms with Gasteiger partial charge in [-0.2, -0.15) is 0 Å². The Kier molecular flexibility index (Phi) is 23.1. The van der Waals surface area contributed by atoms with Crippen molar-refractivity contribution in [2.24, 2.45) is 0 Å². The molecule has 0 amide bonds. The molecular weight excluding hydrogens is 1720 g/mol. The predicted octanol–water partition coefficient (Wildman–Crippen LogP) is 31.5. The Bertz CT molecular complexity index is 6040. The van der Waals surface area contributed by atoms with E-state index in [9.17, 15) is 0 Å². The summed E-state index contributed by atoms with van der Waals surface area (Å²) in [6.45, 7) is 50.7. The van der Waals surface area contributed by atoms with E-state index in [0.717, 1.165) is 44.5 Å². The molecule has 0 saturated heterocycles. The number of rotatable bonds is 8. The smallest absolute Gasteiger partial charge is 0.454 e. The van der Waals surface area contributed by atoms with Gasteiger partial charge in [0.2, 0.25) is 0 Å². The van der Waals surface area contributed by atoms with Crippen LogP contribution in [0.1, 0.15) is 211 Å². The minimum absolute atomic E-state index is 0. The molecule has 2 aliphatic heterocycles. The van der Waals surface area contributed by atoms with Gasteiger partial charge in [-0.15, -0.1) is 0 Å². The molecule has 0 unspecified atom stereocenters. The Hall–Kier alpha value is -5.58. The number of benzene rings is 8. The third-order valence-electron chi connectivity index (χ3n) is 20.1. The number of fused-ring (bicyclic) bond motifs is 20. The van der Waals surface area contributed by atoms with E-state index in [2.05, 4.69) is 190 Å². The minimum Gasteiger partial charge on any atom is -0.454 e. The van der Waals surface area contributed by atoms with E-state index in [4.69, 9.17) is 198 Å². The Morgan fingerprint density at radius 1 is 0.230 bits per heavy atom. The van der Waals surface area contributed by atoms with Crippen molar-refractivity contribution in [3.05, 3.63) is 178 Å². The SMILES string of the molecule is CC(C)(C)c1ccc(Oc2c(Cl)c(Cl)c3c(c2Cl)-c2nc-3nc3[n-]c(nc4nc(nc5[n-]c(n2)c2c(Cl)c(Cl)c(Oc6ccc(C(C)(C)C)cc6C(C)(C)C)c(Cl)c52)-c2c(Cl)c(Oc5ccc(C(C)(C)C)cc5C(C)(C)C)c(Cl)c(Cl)c2-4)c2c(Cl)c(Cl)c(Oc4ccc(C(C)(C)C)cc4C(C)(C)C)c(Cl)c32)c(C(C)(C)C)c1.[Zn+2]. The van der Waals surface area contributed by atoms with Gasteiger partial charge in [0, 0.05) is 88.6 Å². The summed E-state index contributed by atoms with van der Waals surface area (Å²) >= 11 is 92.6. The van der Waals surface area contributed by atoms with Gasteiger partial charge in [-0.3, -0.25) is 0 Å². The van der Waals surface area contributed by atoms with E-state index < -0.39 is 21.7 Å². The minimum atomic E-state index is -0.461. The molecule has 0 saturated carbocycles. The van der Waals surface area contributed by atoms with Crippen molar-refractivity contribution in [2.75, 3.05) is 0 Å². The monoisotopic (exact) mass is 1800 g/mol. The molecule has 0 aliphatic carbocycles. The van der Waals surface area contributed by atoms with E-state index in [1.165, 1.54) is 0 Å². The second-order valence-electron chi connectivity index (χ2n) is 36.8. The van der Waals surface area contributed by atoms with Crippen LogP contribution in [0.15, 0.2) is 72.8 Å². The second kappa shape index (κ2) is 30.0. The molecule has 0 fully saturated rings. The fourth-order valence-electron chi connectivity index (χ4n) is 13.6. The van der Waals surface area contributed by atoms with E-state index in [1.54, 1.807) is 0 Å². The molecule has 0 spiro atoms. The number of aromatic nitrogens is 8. The Labute approximate surface area is 733 Å². The molecule has 0 N–H and O–H groups in total. The number of nitrogens with zero attached hydrogens (tertiary/aromatic N) is 8. The molecule has 12 nitrogen and oxygen atoms in total. The van der Waals surface area contributed by atoms with Gasteiger partial charge < -0.3 is 48.9 Å². The van der Waals surface area contributed by atoms with Gasteiger partial charge in [-0.1, -0.05) is 354 Å². The first-order chi connectivity index (χ1) is 51.6. The van der Waals surface area contributed by atoms with E-state index in [0.29, 0.717) is 23.0 Å². The zero-order valence-electron chi connectivity index (χ0n) is 67.4. The Morgan fingerprint density at radius 3 is 0.637 bits per heavy atom. The average molecular weight is 1810 g/mol. The molecule has 2 aliphatic rings. The van der Waals surface area contributed by atoms with Crippen LogP contribution in [0.3, 0.4) is 0 Å². The van der Waals surface area contributed by atoms with Crippen molar-refractivity contribution in [1.82, 2.24) is 39.9 Å². The topological polar surface area (TPSA) is 142 Å². The molecule has 3 aromatic heterocycles. The van der Waals surface area contributed by atoms with Gasteiger partial charge in [0.05, 0.1) is 63.5 Å². The molecule has 8 aromatic carbocycles. The first-order valence-electron chi connectivity index (χ1n) is 36.4. The molecular formula is C88H84Cl12N8O4Zn. The van der Waals surface area contributed by atoms with Crippen molar-refractivity contribution in [3.63, 3.8) is 0 Å². The number of hydrogen-bond donors (Lipinski definition) is 0. The zero-order valence-corrected chi connectivity index (χ0v) is 79.4. The summed E-state index contributed by atoms with van der Waals surface area (Å²) < 4.78 is 27.9. The first-order valence-corrected chi connectivity index (χ1v) is 41.0. The van der Waals surface area contributed by atoms with Gasteiger partial charge in [-0.25, -0.2) is 9.97 Å². The van der Waals surface area contributed by atoms with Crippen molar-refractivity contribution in [1.29, 1.82) is 0 Å². The van der Waals surface area contributed by atoms with Crippen LogP contribution in [0.5, 0.6) is 46.0 Å². The molecule has 8 bridgehead atoms. The molecule has 586 valence electrons. The predicted molar refractivity (Wildman–Crippen MR) is 470 cm³/mol. The van der Waals surface area contributed by atoms with Crippen LogP contribution in [0.2, 0.25) is 60.3 Å². The second-order valence-corrected chi connectivity index (χ2v) is 41.4. The van der Waals surface area contributed by atoms with E-state index in [1.807, 2.05) is 48.5 Å². The summed E-state index contributed by atoms with van der Waals surface area (Å²) in [5.74, 6) is 1.17. The third-order valence-corrected chi connectivity index (χ3v) is 24.9. The third kappa shape index (κ3) is 15.9. The van der Waals surface area contributed by atoms with E-state index in [-0.39, 0.29) is 214 Å². The van der Waals surface area contributed by atoms with Gasteiger partial charge in [0.25, 0.3) is 0 Å². The van der Waals surface area contributed by atoms with Crippen LogP contribution in [0.25, 0.3) is 89.7 Å².